The molecule has 1 N–H and O–H groups in total. The number of aryl methyl sites for hydroxylation is 1. The summed E-state index contributed by atoms with van der Waals surface area (Å²) in [6.07, 6.45) is 0.260. The molecule has 4 nitrogen and oxygen atoms in total. The lowest BCUT2D eigenvalue weighted by Gasteiger charge is -2.08. The van der Waals surface area contributed by atoms with Crippen LogP contribution >= 0.6 is 11.6 Å². The molecule has 3 aromatic rings. The zero-order valence-electron chi connectivity index (χ0n) is 13.6. The SMILES string of the molecule is Cc1nn(-c2ccccc2)c(C)c1CC(=O)Nc1ccccc1Cl. The fraction of sp³-hybridized carbons (Fsp3) is 0.158. The van der Waals surface area contributed by atoms with Crippen molar-refractivity contribution >= 4 is 23.2 Å². The van der Waals surface area contributed by atoms with Crippen molar-refractivity contribution in [3.05, 3.63) is 76.6 Å². The molecule has 0 spiro atoms. The van der Waals surface area contributed by atoms with Crippen LogP contribution < -0.4 is 5.32 Å². The second-order valence-corrected chi connectivity index (χ2v) is 6.01. The lowest BCUT2D eigenvalue weighted by atomic mass is 10.1. The van der Waals surface area contributed by atoms with E-state index < -0.39 is 0 Å². The van der Waals surface area contributed by atoms with E-state index in [4.69, 9.17) is 11.6 Å². The Morgan fingerprint density at radius 2 is 1.75 bits per heavy atom. The van der Waals surface area contributed by atoms with Gasteiger partial charge in [-0.1, -0.05) is 41.9 Å². The number of hydrogen-bond acceptors (Lipinski definition) is 2. The summed E-state index contributed by atoms with van der Waals surface area (Å²) in [5, 5.41) is 7.95. The van der Waals surface area contributed by atoms with E-state index in [-0.39, 0.29) is 12.3 Å². The topological polar surface area (TPSA) is 46.9 Å². The lowest BCUT2D eigenvalue weighted by Crippen LogP contribution is -2.15. The molecule has 0 aliphatic carbocycles. The quantitative estimate of drug-likeness (QED) is 0.769. The van der Waals surface area contributed by atoms with Gasteiger partial charge in [-0.3, -0.25) is 4.79 Å². The molecule has 0 aliphatic heterocycles. The fourth-order valence-electron chi connectivity index (χ4n) is 2.67. The third kappa shape index (κ3) is 3.34. The Balaban J connectivity index is 1.82. The minimum atomic E-state index is -0.109. The van der Waals surface area contributed by atoms with Crippen molar-refractivity contribution in [1.82, 2.24) is 9.78 Å². The van der Waals surface area contributed by atoms with Gasteiger partial charge in [0.25, 0.3) is 0 Å². The van der Waals surface area contributed by atoms with Crippen LogP contribution in [0.3, 0.4) is 0 Å². The number of amides is 1. The summed E-state index contributed by atoms with van der Waals surface area (Å²) in [7, 11) is 0. The average Bonchev–Trinajstić information content (AvgIpc) is 2.86. The number of para-hydroxylation sites is 2. The number of carbonyl (C=O) groups is 1. The molecular formula is C19H18ClN3O. The molecule has 0 radical (unpaired) electrons. The Hall–Kier alpha value is -2.59. The van der Waals surface area contributed by atoms with Gasteiger partial charge in [0.15, 0.2) is 0 Å². The van der Waals surface area contributed by atoms with Gasteiger partial charge < -0.3 is 5.32 Å². The van der Waals surface area contributed by atoms with Gasteiger partial charge >= 0.3 is 0 Å². The molecule has 5 heteroatoms. The largest absolute Gasteiger partial charge is 0.324 e. The first kappa shape index (κ1) is 16.3. The first-order valence-electron chi connectivity index (χ1n) is 7.71. The highest BCUT2D eigenvalue weighted by Crippen LogP contribution is 2.22. The monoisotopic (exact) mass is 339 g/mol. The summed E-state index contributed by atoms with van der Waals surface area (Å²) in [5.41, 5.74) is 4.35. The summed E-state index contributed by atoms with van der Waals surface area (Å²) < 4.78 is 1.87. The lowest BCUT2D eigenvalue weighted by molar-refractivity contribution is -0.115. The molecule has 1 amide bonds. The first-order chi connectivity index (χ1) is 11.6. The zero-order chi connectivity index (χ0) is 17.1. The van der Waals surface area contributed by atoms with Crippen LogP contribution in [0.5, 0.6) is 0 Å². The van der Waals surface area contributed by atoms with Crippen molar-refractivity contribution in [3.63, 3.8) is 0 Å². The normalized spacial score (nSPS) is 10.6. The highest BCUT2D eigenvalue weighted by atomic mass is 35.5. The van der Waals surface area contributed by atoms with E-state index in [0.717, 1.165) is 22.6 Å². The summed E-state index contributed by atoms with van der Waals surface area (Å²) >= 11 is 6.09. The second-order valence-electron chi connectivity index (χ2n) is 5.60. The first-order valence-corrected chi connectivity index (χ1v) is 8.09. The summed E-state index contributed by atoms with van der Waals surface area (Å²) in [4.78, 5) is 12.4. The van der Waals surface area contributed by atoms with Gasteiger partial charge in [-0.25, -0.2) is 4.68 Å². The van der Waals surface area contributed by atoms with E-state index in [2.05, 4.69) is 10.4 Å². The van der Waals surface area contributed by atoms with E-state index >= 15 is 0 Å². The molecule has 0 fully saturated rings. The number of hydrogen-bond donors (Lipinski definition) is 1. The smallest absolute Gasteiger partial charge is 0.228 e. The van der Waals surface area contributed by atoms with Gasteiger partial charge in [-0.2, -0.15) is 5.10 Å². The predicted molar refractivity (Wildman–Crippen MR) is 96.8 cm³/mol. The number of nitrogens with zero attached hydrogens (tertiary/aromatic N) is 2. The van der Waals surface area contributed by atoms with Crippen molar-refractivity contribution in [2.45, 2.75) is 20.3 Å². The van der Waals surface area contributed by atoms with E-state index in [9.17, 15) is 4.79 Å². The minimum Gasteiger partial charge on any atom is -0.324 e. The van der Waals surface area contributed by atoms with E-state index in [1.165, 1.54) is 0 Å². The van der Waals surface area contributed by atoms with Gasteiger partial charge in [0.2, 0.25) is 5.91 Å². The highest BCUT2D eigenvalue weighted by molar-refractivity contribution is 6.33. The molecule has 1 aromatic heterocycles. The highest BCUT2D eigenvalue weighted by Gasteiger charge is 2.16. The standard InChI is InChI=1S/C19H18ClN3O/c1-13-16(12-19(24)21-18-11-7-6-10-17(18)20)14(2)23(22-13)15-8-4-3-5-9-15/h3-11H,12H2,1-2H3,(H,21,24). The van der Waals surface area contributed by atoms with Gasteiger partial charge in [0, 0.05) is 11.3 Å². The summed E-state index contributed by atoms with van der Waals surface area (Å²) in [5.74, 6) is -0.109. The van der Waals surface area contributed by atoms with Crippen molar-refractivity contribution in [2.24, 2.45) is 0 Å². The number of aromatic nitrogens is 2. The van der Waals surface area contributed by atoms with Crippen molar-refractivity contribution in [1.29, 1.82) is 0 Å². The molecule has 0 aliphatic rings. The van der Waals surface area contributed by atoms with Crippen LogP contribution in [-0.4, -0.2) is 15.7 Å². The summed E-state index contributed by atoms with van der Waals surface area (Å²) in [6, 6.07) is 17.1. The van der Waals surface area contributed by atoms with Gasteiger partial charge in [0.1, 0.15) is 0 Å². The molecular weight excluding hydrogens is 322 g/mol. The Bertz CT molecular complexity index is 872. The molecule has 2 aromatic carbocycles. The number of anilines is 1. The van der Waals surface area contributed by atoms with Crippen LogP contribution in [-0.2, 0) is 11.2 Å². The fourth-order valence-corrected chi connectivity index (χ4v) is 2.85. The van der Waals surface area contributed by atoms with Crippen LogP contribution in [0.4, 0.5) is 5.69 Å². The van der Waals surface area contributed by atoms with Crippen LogP contribution in [0.1, 0.15) is 17.0 Å². The summed E-state index contributed by atoms with van der Waals surface area (Å²) in [6.45, 7) is 3.90. The molecule has 122 valence electrons. The van der Waals surface area contributed by atoms with E-state index in [1.54, 1.807) is 12.1 Å². The Kier molecular flexibility index (Phi) is 4.67. The zero-order valence-corrected chi connectivity index (χ0v) is 14.3. The Morgan fingerprint density at radius 1 is 1.08 bits per heavy atom. The van der Waals surface area contributed by atoms with E-state index in [1.807, 2.05) is 61.0 Å². The Morgan fingerprint density at radius 3 is 2.46 bits per heavy atom. The van der Waals surface area contributed by atoms with E-state index in [0.29, 0.717) is 10.7 Å². The van der Waals surface area contributed by atoms with Gasteiger partial charge in [-0.15, -0.1) is 0 Å². The van der Waals surface area contributed by atoms with Crippen molar-refractivity contribution in [3.8, 4) is 5.69 Å². The van der Waals surface area contributed by atoms with Crippen LogP contribution in [0.15, 0.2) is 54.6 Å². The number of halogens is 1. The van der Waals surface area contributed by atoms with Gasteiger partial charge in [0.05, 0.1) is 28.5 Å². The van der Waals surface area contributed by atoms with Crippen LogP contribution in [0.25, 0.3) is 5.69 Å². The maximum atomic E-state index is 12.4. The van der Waals surface area contributed by atoms with Gasteiger partial charge in [-0.05, 0) is 38.1 Å². The second kappa shape index (κ2) is 6.89. The number of benzene rings is 2. The molecule has 3 rings (SSSR count). The van der Waals surface area contributed by atoms with Crippen molar-refractivity contribution in [2.75, 3.05) is 5.32 Å². The number of nitrogens with one attached hydrogen (secondary N) is 1. The third-order valence-corrected chi connectivity index (χ3v) is 4.26. The van der Waals surface area contributed by atoms with Crippen LogP contribution in [0.2, 0.25) is 5.02 Å². The predicted octanol–water partition coefficient (Wildman–Crippen LogP) is 4.32. The molecule has 1 heterocycles. The minimum absolute atomic E-state index is 0.109. The number of rotatable bonds is 4. The Labute approximate surface area is 146 Å². The molecule has 0 bridgehead atoms. The maximum Gasteiger partial charge on any atom is 0.228 e. The maximum absolute atomic E-state index is 12.4. The average molecular weight is 340 g/mol. The molecule has 0 saturated heterocycles. The van der Waals surface area contributed by atoms with Crippen molar-refractivity contribution < 1.29 is 4.79 Å². The molecule has 24 heavy (non-hydrogen) atoms. The molecule has 0 unspecified atom stereocenters. The molecule has 0 saturated carbocycles. The third-order valence-electron chi connectivity index (χ3n) is 3.93. The molecule has 0 atom stereocenters. The number of carbonyl (C=O) groups excluding carboxylic acids is 1. The van der Waals surface area contributed by atoms with Crippen LogP contribution in [0, 0.1) is 13.8 Å².